The van der Waals surface area contributed by atoms with Crippen LogP contribution >= 0.6 is 0 Å². The molecule has 0 bridgehead atoms. The average molecular weight is 256 g/mol. The molecule has 0 heterocycles. The van der Waals surface area contributed by atoms with Gasteiger partial charge in [-0.1, -0.05) is 30.9 Å². The molecule has 0 fully saturated rings. The number of benzene rings is 1. The van der Waals surface area contributed by atoms with Gasteiger partial charge in [-0.05, 0) is 24.2 Å². The van der Waals surface area contributed by atoms with Crippen molar-refractivity contribution >= 4 is 0 Å². The molecule has 100 valence electrons. The van der Waals surface area contributed by atoms with Crippen molar-refractivity contribution in [1.82, 2.24) is 4.90 Å². The van der Waals surface area contributed by atoms with Crippen LogP contribution in [0.25, 0.3) is 0 Å². The lowest BCUT2D eigenvalue weighted by atomic mass is 10.1. The van der Waals surface area contributed by atoms with E-state index in [1.807, 2.05) is 12.1 Å². The summed E-state index contributed by atoms with van der Waals surface area (Å²) in [5.41, 5.74) is 2.18. The Morgan fingerprint density at radius 3 is 2.84 bits per heavy atom. The van der Waals surface area contributed by atoms with Crippen LogP contribution in [0.5, 0.6) is 0 Å². The fourth-order valence-corrected chi connectivity index (χ4v) is 1.78. The smallest absolute Gasteiger partial charge is 0.0635 e. The van der Waals surface area contributed by atoms with E-state index in [-0.39, 0.29) is 6.61 Å². The van der Waals surface area contributed by atoms with Gasteiger partial charge in [-0.2, -0.15) is 5.26 Å². The highest BCUT2D eigenvalue weighted by Crippen LogP contribution is 2.08. The van der Waals surface area contributed by atoms with Crippen molar-refractivity contribution in [3.05, 3.63) is 35.4 Å². The van der Waals surface area contributed by atoms with Gasteiger partial charge < -0.3 is 5.11 Å². The Labute approximate surface area is 115 Å². The van der Waals surface area contributed by atoms with Crippen LogP contribution in [-0.4, -0.2) is 29.7 Å². The van der Waals surface area contributed by atoms with Crippen LogP contribution in [0.4, 0.5) is 0 Å². The molecule has 0 atom stereocenters. The van der Waals surface area contributed by atoms with Crippen molar-refractivity contribution in [3.8, 4) is 17.9 Å². The molecule has 0 radical (unpaired) electrons. The first-order valence-corrected chi connectivity index (χ1v) is 6.58. The zero-order chi connectivity index (χ0) is 13.9. The van der Waals surface area contributed by atoms with Gasteiger partial charge >= 0.3 is 0 Å². The Morgan fingerprint density at radius 2 is 2.16 bits per heavy atom. The summed E-state index contributed by atoms with van der Waals surface area (Å²) in [4.78, 5) is 2.24. The molecule has 0 unspecified atom stereocenters. The van der Waals surface area contributed by atoms with E-state index in [2.05, 4.69) is 41.9 Å². The van der Waals surface area contributed by atoms with Gasteiger partial charge in [-0.3, -0.25) is 4.90 Å². The van der Waals surface area contributed by atoms with Crippen LogP contribution in [0.15, 0.2) is 24.3 Å². The molecule has 3 nitrogen and oxygen atoms in total. The molecule has 1 rings (SSSR count). The van der Waals surface area contributed by atoms with E-state index >= 15 is 0 Å². The first-order chi connectivity index (χ1) is 9.30. The van der Waals surface area contributed by atoms with Crippen molar-refractivity contribution in [2.45, 2.75) is 26.3 Å². The summed E-state index contributed by atoms with van der Waals surface area (Å²) >= 11 is 0. The minimum absolute atomic E-state index is 0.102. The summed E-state index contributed by atoms with van der Waals surface area (Å²) < 4.78 is 0. The van der Waals surface area contributed by atoms with E-state index in [1.165, 1.54) is 5.56 Å². The van der Waals surface area contributed by atoms with Crippen LogP contribution in [0.1, 0.15) is 30.9 Å². The number of hydrogen-bond acceptors (Lipinski definition) is 3. The standard InChI is InChI=1S/C16H20N2O/c1-2-18(11-6-10-17)14-16-9-5-8-15(13-16)7-3-4-12-19/h5,8-9,13,19H,2,4,6,11-12,14H2,1H3. The van der Waals surface area contributed by atoms with Gasteiger partial charge in [0.05, 0.1) is 12.7 Å². The summed E-state index contributed by atoms with van der Waals surface area (Å²) in [6.45, 7) is 4.77. The number of hydrogen-bond donors (Lipinski definition) is 1. The lowest BCUT2D eigenvalue weighted by Crippen LogP contribution is -2.23. The van der Waals surface area contributed by atoms with Gasteiger partial charge in [0, 0.05) is 31.5 Å². The molecule has 0 aliphatic carbocycles. The topological polar surface area (TPSA) is 47.3 Å². The Morgan fingerprint density at radius 1 is 1.32 bits per heavy atom. The van der Waals surface area contributed by atoms with Gasteiger partial charge in [0.25, 0.3) is 0 Å². The van der Waals surface area contributed by atoms with Crippen molar-refractivity contribution in [2.75, 3.05) is 19.7 Å². The van der Waals surface area contributed by atoms with Crippen molar-refractivity contribution in [1.29, 1.82) is 5.26 Å². The maximum Gasteiger partial charge on any atom is 0.0635 e. The summed E-state index contributed by atoms with van der Waals surface area (Å²) in [7, 11) is 0. The third-order valence-corrected chi connectivity index (χ3v) is 2.79. The second kappa shape index (κ2) is 9.16. The predicted octanol–water partition coefficient (Wildman–Crippen LogP) is 2.16. The van der Waals surface area contributed by atoms with Crippen LogP contribution in [0.2, 0.25) is 0 Å². The average Bonchev–Trinajstić information content (AvgIpc) is 2.44. The highest BCUT2D eigenvalue weighted by atomic mass is 16.2. The Balaban J connectivity index is 2.66. The van der Waals surface area contributed by atoms with Crippen LogP contribution < -0.4 is 0 Å². The molecule has 0 saturated heterocycles. The van der Waals surface area contributed by atoms with E-state index in [4.69, 9.17) is 10.4 Å². The Bertz CT molecular complexity index is 480. The van der Waals surface area contributed by atoms with E-state index in [0.717, 1.165) is 25.2 Å². The van der Waals surface area contributed by atoms with Crippen LogP contribution in [0, 0.1) is 23.2 Å². The largest absolute Gasteiger partial charge is 0.395 e. The SMILES string of the molecule is CCN(CCC#N)Cc1cccc(C#CCCO)c1. The van der Waals surface area contributed by atoms with E-state index < -0.39 is 0 Å². The first-order valence-electron chi connectivity index (χ1n) is 6.58. The van der Waals surface area contributed by atoms with Crippen molar-refractivity contribution < 1.29 is 5.11 Å². The monoisotopic (exact) mass is 256 g/mol. The minimum atomic E-state index is 0.102. The molecule has 1 aromatic rings. The molecular formula is C16H20N2O. The second-order valence-electron chi connectivity index (χ2n) is 4.25. The van der Waals surface area contributed by atoms with Crippen LogP contribution in [-0.2, 0) is 6.54 Å². The van der Waals surface area contributed by atoms with Gasteiger partial charge in [0.2, 0.25) is 0 Å². The lowest BCUT2D eigenvalue weighted by Gasteiger charge is -2.18. The maximum absolute atomic E-state index is 8.70. The van der Waals surface area contributed by atoms with Crippen molar-refractivity contribution in [2.24, 2.45) is 0 Å². The highest BCUT2D eigenvalue weighted by Gasteiger charge is 2.03. The first kappa shape index (κ1) is 15.2. The summed E-state index contributed by atoms with van der Waals surface area (Å²) in [6.07, 6.45) is 1.07. The van der Waals surface area contributed by atoms with Gasteiger partial charge in [-0.15, -0.1) is 0 Å². The number of aliphatic hydroxyl groups excluding tert-OH is 1. The number of nitriles is 1. The molecule has 3 heteroatoms. The summed E-state index contributed by atoms with van der Waals surface area (Å²) in [5, 5.41) is 17.3. The molecular weight excluding hydrogens is 236 g/mol. The number of rotatable bonds is 6. The fourth-order valence-electron chi connectivity index (χ4n) is 1.78. The zero-order valence-electron chi connectivity index (χ0n) is 11.4. The predicted molar refractivity (Wildman–Crippen MR) is 76.2 cm³/mol. The minimum Gasteiger partial charge on any atom is -0.395 e. The quantitative estimate of drug-likeness (QED) is 0.793. The zero-order valence-corrected chi connectivity index (χ0v) is 11.4. The number of aliphatic hydroxyl groups is 1. The van der Waals surface area contributed by atoms with Crippen LogP contribution in [0.3, 0.4) is 0 Å². The highest BCUT2D eigenvalue weighted by molar-refractivity contribution is 5.37. The summed E-state index contributed by atoms with van der Waals surface area (Å²) in [6, 6.07) is 10.3. The molecule has 0 aliphatic heterocycles. The molecule has 0 spiro atoms. The maximum atomic E-state index is 8.70. The van der Waals surface area contributed by atoms with Gasteiger partial charge in [0.15, 0.2) is 0 Å². The third-order valence-electron chi connectivity index (χ3n) is 2.79. The van der Waals surface area contributed by atoms with E-state index in [1.54, 1.807) is 0 Å². The van der Waals surface area contributed by atoms with E-state index in [9.17, 15) is 0 Å². The second-order valence-corrected chi connectivity index (χ2v) is 4.25. The molecule has 0 saturated carbocycles. The molecule has 1 aromatic carbocycles. The summed E-state index contributed by atoms with van der Waals surface area (Å²) in [5.74, 6) is 5.96. The third kappa shape index (κ3) is 6.06. The van der Waals surface area contributed by atoms with Gasteiger partial charge in [-0.25, -0.2) is 0 Å². The molecule has 0 aliphatic rings. The molecule has 0 amide bonds. The fraction of sp³-hybridized carbons (Fsp3) is 0.438. The Hall–Kier alpha value is -1.81. The van der Waals surface area contributed by atoms with Crippen molar-refractivity contribution in [3.63, 3.8) is 0 Å². The molecule has 19 heavy (non-hydrogen) atoms. The van der Waals surface area contributed by atoms with E-state index in [0.29, 0.717) is 12.8 Å². The van der Waals surface area contributed by atoms with Gasteiger partial charge in [0.1, 0.15) is 0 Å². The molecule has 0 aromatic heterocycles. The lowest BCUT2D eigenvalue weighted by molar-refractivity contribution is 0.287. The normalized spacial score (nSPS) is 9.79. The Kier molecular flexibility index (Phi) is 7.35. The number of nitrogens with zero attached hydrogens (tertiary/aromatic N) is 2. The molecule has 1 N–H and O–H groups in total.